The van der Waals surface area contributed by atoms with Crippen LogP contribution in [0.15, 0.2) is 40.1 Å². The summed E-state index contributed by atoms with van der Waals surface area (Å²) >= 11 is 1.13. The fourth-order valence-electron chi connectivity index (χ4n) is 1.18. The van der Waals surface area contributed by atoms with Crippen molar-refractivity contribution in [1.82, 2.24) is 10.1 Å². The zero-order valence-electron chi connectivity index (χ0n) is 8.20. The Bertz CT molecular complexity index is 528. The first kappa shape index (κ1) is 10.5. The van der Waals surface area contributed by atoms with Gasteiger partial charge in [0.1, 0.15) is 5.40 Å². The van der Waals surface area contributed by atoms with Crippen molar-refractivity contribution in [3.8, 4) is 5.40 Å². The third kappa shape index (κ3) is 2.49. The molecule has 0 aliphatic carbocycles. The number of rotatable bonds is 3. The van der Waals surface area contributed by atoms with Gasteiger partial charge in [0.25, 0.3) is 0 Å². The Hall–Kier alpha value is -2.06. The van der Waals surface area contributed by atoms with Crippen LogP contribution in [0.2, 0.25) is 0 Å². The van der Waals surface area contributed by atoms with E-state index in [9.17, 15) is 0 Å². The number of thiocyanates is 1. The van der Waals surface area contributed by atoms with E-state index in [1.165, 1.54) is 6.39 Å². The molecule has 0 unspecified atom stereocenters. The number of benzene rings is 1. The van der Waals surface area contributed by atoms with Crippen molar-refractivity contribution >= 4 is 23.9 Å². The largest absolute Gasteiger partial charge is 0.342 e. The number of thioether (sulfide) groups is 1. The van der Waals surface area contributed by atoms with Crippen molar-refractivity contribution < 1.29 is 4.52 Å². The van der Waals surface area contributed by atoms with Crippen LogP contribution >= 0.6 is 11.8 Å². The van der Waals surface area contributed by atoms with E-state index in [1.807, 2.05) is 30.3 Å². The first-order valence-electron chi connectivity index (χ1n) is 4.49. The second-order valence-electron chi connectivity index (χ2n) is 2.85. The van der Waals surface area contributed by atoms with Crippen molar-refractivity contribution in [3.05, 3.63) is 42.0 Å². The van der Waals surface area contributed by atoms with E-state index in [1.54, 1.807) is 6.08 Å². The Labute approximate surface area is 96.6 Å². The lowest BCUT2D eigenvalue weighted by atomic mass is 10.2. The first-order valence-corrected chi connectivity index (χ1v) is 5.31. The van der Waals surface area contributed by atoms with E-state index >= 15 is 0 Å². The summed E-state index contributed by atoms with van der Waals surface area (Å²) in [4.78, 5) is 4.78. The second kappa shape index (κ2) is 5.14. The highest BCUT2D eigenvalue weighted by Gasteiger charge is 1.99. The van der Waals surface area contributed by atoms with Gasteiger partial charge in [-0.2, -0.15) is 10.2 Å². The van der Waals surface area contributed by atoms with Gasteiger partial charge in [0.05, 0.1) is 0 Å². The van der Waals surface area contributed by atoms with Crippen LogP contribution in [-0.2, 0) is 0 Å². The summed E-state index contributed by atoms with van der Waals surface area (Å²) in [6.45, 7) is 0. The van der Waals surface area contributed by atoms with Gasteiger partial charge in [-0.25, -0.2) is 0 Å². The molecule has 0 radical (unpaired) electrons. The molecular formula is C11H7N3OS. The van der Waals surface area contributed by atoms with E-state index in [-0.39, 0.29) is 0 Å². The number of hydrogen-bond acceptors (Lipinski definition) is 5. The highest BCUT2D eigenvalue weighted by molar-refractivity contribution is 8.03. The predicted octanol–water partition coefficient (Wildman–Crippen LogP) is 2.81. The number of hydrogen-bond donors (Lipinski definition) is 0. The topological polar surface area (TPSA) is 62.7 Å². The highest BCUT2D eigenvalue weighted by atomic mass is 32.2. The second-order valence-corrected chi connectivity index (χ2v) is 3.68. The average Bonchev–Trinajstić information content (AvgIpc) is 2.81. The molecule has 1 heterocycles. The van der Waals surface area contributed by atoms with Gasteiger partial charge in [-0.05, 0) is 35.5 Å². The molecule has 2 aromatic rings. The van der Waals surface area contributed by atoms with E-state index in [4.69, 9.17) is 5.26 Å². The molecule has 1 aromatic carbocycles. The number of aromatic nitrogens is 2. The summed E-state index contributed by atoms with van der Waals surface area (Å²) in [5, 5.41) is 14.4. The van der Waals surface area contributed by atoms with Crippen molar-refractivity contribution in [2.75, 3.05) is 0 Å². The monoisotopic (exact) mass is 229 g/mol. The molecule has 78 valence electrons. The molecule has 0 atom stereocenters. The summed E-state index contributed by atoms with van der Waals surface area (Å²) in [5.74, 6) is 0.511. The normalized spacial score (nSPS) is 10.4. The van der Waals surface area contributed by atoms with Gasteiger partial charge in [0.2, 0.25) is 6.39 Å². The number of nitriles is 1. The fourth-order valence-corrected chi connectivity index (χ4v) is 1.68. The lowest BCUT2D eigenvalue weighted by Crippen LogP contribution is -1.78. The summed E-state index contributed by atoms with van der Waals surface area (Å²) in [6, 6.07) is 7.63. The lowest BCUT2D eigenvalue weighted by molar-refractivity contribution is 0.415. The maximum Gasteiger partial charge on any atom is 0.214 e. The molecule has 1 aromatic heterocycles. The minimum Gasteiger partial charge on any atom is -0.342 e. The fraction of sp³-hybridized carbons (Fsp3) is 0. The quantitative estimate of drug-likeness (QED) is 0.598. The standard InChI is InChI=1S/C11H7N3OS/c12-7-16-10-4-2-1-3-9(10)5-6-11-13-8-15-14-11/h1-6,8H/b6-5+. The van der Waals surface area contributed by atoms with Gasteiger partial charge in [0, 0.05) is 4.90 Å². The summed E-state index contributed by atoms with van der Waals surface area (Å²) in [5.41, 5.74) is 0.957. The zero-order chi connectivity index (χ0) is 11.2. The van der Waals surface area contributed by atoms with Gasteiger partial charge in [0.15, 0.2) is 5.82 Å². The zero-order valence-corrected chi connectivity index (χ0v) is 9.02. The van der Waals surface area contributed by atoms with Crippen LogP contribution in [0.5, 0.6) is 0 Å². The smallest absolute Gasteiger partial charge is 0.214 e. The van der Waals surface area contributed by atoms with Crippen molar-refractivity contribution in [2.24, 2.45) is 0 Å². The van der Waals surface area contributed by atoms with Gasteiger partial charge in [-0.3, -0.25) is 0 Å². The molecule has 0 aliphatic heterocycles. The van der Waals surface area contributed by atoms with Gasteiger partial charge < -0.3 is 4.52 Å². The SMILES string of the molecule is N#CSc1ccccc1/C=C/c1ncon1. The predicted molar refractivity (Wildman–Crippen MR) is 61.1 cm³/mol. The third-order valence-electron chi connectivity index (χ3n) is 1.86. The maximum absolute atomic E-state index is 8.65. The number of nitrogens with zero attached hydrogens (tertiary/aromatic N) is 3. The maximum atomic E-state index is 8.65. The van der Waals surface area contributed by atoms with E-state index in [2.05, 4.69) is 20.1 Å². The Balaban J connectivity index is 2.24. The Morgan fingerprint density at radius 1 is 1.31 bits per heavy atom. The van der Waals surface area contributed by atoms with E-state index in [0.29, 0.717) is 5.82 Å². The van der Waals surface area contributed by atoms with Crippen LogP contribution in [0.4, 0.5) is 0 Å². The van der Waals surface area contributed by atoms with Gasteiger partial charge in [-0.1, -0.05) is 23.4 Å². The summed E-state index contributed by atoms with van der Waals surface area (Å²) in [7, 11) is 0. The molecule has 0 saturated carbocycles. The minimum atomic E-state index is 0.511. The summed E-state index contributed by atoms with van der Waals surface area (Å²) in [6.07, 6.45) is 4.86. The molecule has 16 heavy (non-hydrogen) atoms. The van der Waals surface area contributed by atoms with Crippen LogP contribution in [0.3, 0.4) is 0 Å². The molecule has 0 fully saturated rings. The Morgan fingerprint density at radius 3 is 2.94 bits per heavy atom. The van der Waals surface area contributed by atoms with Gasteiger partial charge in [-0.15, -0.1) is 0 Å². The van der Waals surface area contributed by atoms with Crippen molar-refractivity contribution in [3.63, 3.8) is 0 Å². The van der Waals surface area contributed by atoms with Gasteiger partial charge >= 0.3 is 0 Å². The van der Waals surface area contributed by atoms with E-state index < -0.39 is 0 Å². The Kier molecular flexibility index (Phi) is 3.36. The highest BCUT2D eigenvalue weighted by Crippen LogP contribution is 2.22. The van der Waals surface area contributed by atoms with Crippen LogP contribution < -0.4 is 0 Å². The summed E-state index contributed by atoms with van der Waals surface area (Å²) < 4.78 is 4.61. The molecule has 5 heteroatoms. The molecular weight excluding hydrogens is 222 g/mol. The first-order chi connectivity index (χ1) is 7.90. The molecule has 0 N–H and O–H groups in total. The lowest BCUT2D eigenvalue weighted by Gasteiger charge is -1.98. The molecule has 0 amide bonds. The van der Waals surface area contributed by atoms with Crippen molar-refractivity contribution in [1.29, 1.82) is 5.26 Å². The molecule has 0 spiro atoms. The molecule has 0 bridgehead atoms. The Morgan fingerprint density at radius 2 is 2.19 bits per heavy atom. The van der Waals surface area contributed by atoms with Crippen LogP contribution in [0, 0.1) is 10.7 Å². The van der Waals surface area contributed by atoms with Crippen LogP contribution in [0.25, 0.3) is 12.2 Å². The van der Waals surface area contributed by atoms with E-state index in [0.717, 1.165) is 22.2 Å². The van der Waals surface area contributed by atoms with Crippen molar-refractivity contribution in [2.45, 2.75) is 4.90 Å². The third-order valence-corrected chi connectivity index (χ3v) is 2.55. The average molecular weight is 229 g/mol. The molecule has 2 rings (SSSR count). The minimum absolute atomic E-state index is 0.511. The molecule has 0 saturated heterocycles. The van der Waals surface area contributed by atoms with Crippen LogP contribution in [-0.4, -0.2) is 10.1 Å². The van der Waals surface area contributed by atoms with Crippen LogP contribution in [0.1, 0.15) is 11.4 Å². The molecule has 0 aliphatic rings. The molecule has 4 nitrogen and oxygen atoms in total.